The molecular weight excluding hydrogens is 238 g/mol. The summed E-state index contributed by atoms with van der Waals surface area (Å²) in [6, 6.07) is -2.48. The SMILES string of the molecule is CCCC(NC(=O)NC(C(N)=O)C(C)C)C(=O)O. The summed E-state index contributed by atoms with van der Waals surface area (Å²) in [5, 5.41) is 13.5. The van der Waals surface area contributed by atoms with Crippen LogP contribution in [0.1, 0.15) is 33.6 Å². The Morgan fingerprint density at radius 1 is 1.22 bits per heavy atom. The molecule has 18 heavy (non-hydrogen) atoms. The number of carboxylic acid groups (broad SMARTS) is 1. The third-order valence-corrected chi connectivity index (χ3v) is 2.44. The fourth-order valence-electron chi connectivity index (χ4n) is 1.45. The lowest BCUT2D eigenvalue weighted by Gasteiger charge is -2.21. The molecule has 0 heterocycles. The second kappa shape index (κ2) is 7.52. The van der Waals surface area contributed by atoms with Gasteiger partial charge in [0.2, 0.25) is 5.91 Å². The number of hydrogen-bond acceptors (Lipinski definition) is 3. The molecule has 5 N–H and O–H groups in total. The zero-order valence-corrected chi connectivity index (χ0v) is 10.9. The molecule has 0 radical (unpaired) electrons. The summed E-state index contributed by atoms with van der Waals surface area (Å²) in [5.74, 6) is -1.92. The van der Waals surface area contributed by atoms with E-state index in [1.807, 2.05) is 6.92 Å². The average Bonchev–Trinajstić information content (AvgIpc) is 2.24. The van der Waals surface area contributed by atoms with E-state index < -0.39 is 30.0 Å². The molecule has 3 amide bonds. The first kappa shape index (κ1) is 16.2. The lowest BCUT2D eigenvalue weighted by molar-refractivity contribution is -0.139. The van der Waals surface area contributed by atoms with E-state index >= 15 is 0 Å². The molecule has 0 aliphatic carbocycles. The Morgan fingerprint density at radius 3 is 2.11 bits per heavy atom. The van der Waals surface area contributed by atoms with Crippen LogP contribution in [0.2, 0.25) is 0 Å². The van der Waals surface area contributed by atoms with Crippen molar-refractivity contribution in [1.29, 1.82) is 0 Å². The predicted molar refractivity (Wildman–Crippen MR) is 65.8 cm³/mol. The van der Waals surface area contributed by atoms with E-state index in [-0.39, 0.29) is 5.92 Å². The van der Waals surface area contributed by atoms with Crippen LogP contribution in [0.3, 0.4) is 0 Å². The third-order valence-electron chi connectivity index (χ3n) is 2.44. The minimum Gasteiger partial charge on any atom is -0.480 e. The zero-order valence-electron chi connectivity index (χ0n) is 10.9. The number of aliphatic carboxylic acids is 1. The smallest absolute Gasteiger partial charge is 0.326 e. The van der Waals surface area contributed by atoms with Gasteiger partial charge in [0, 0.05) is 0 Å². The van der Waals surface area contributed by atoms with E-state index in [9.17, 15) is 14.4 Å². The molecule has 0 spiro atoms. The summed E-state index contributed by atoms with van der Waals surface area (Å²) < 4.78 is 0. The Bertz CT molecular complexity index is 317. The van der Waals surface area contributed by atoms with Gasteiger partial charge in [-0.15, -0.1) is 0 Å². The Hall–Kier alpha value is -1.79. The molecule has 0 fully saturated rings. The lowest BCUT2D eigenvalue weighted by Crippen LogP contribution is -2.54. The summed E-state index contributed by atoms with van der Waals surface area (Å²) in [7, 11) is 0. The molecule has 7 nitrogen and oxygen atoms in total. The Balaban J connectivity index is 4.47. The minimum absolute atomic E-state index is 0.164. The Kier molecular flexibility index (Phi) is 6.77. The largest absolute Gasteiger partial charge is 0.480 e. The highest BCUT2D eigenvalue weighted by atomic mass is 16.4. The molecule has 2 atom stereocenters. The first-order valence-corrected chi connectivity index (χ1v) is 5.88. The molecule has 0 bridgehead atoms. The van der Waals surface area contributed by atoms with Gasteiger partial charge in [-0.05, 0) is 12.3 Å². The summed E-state index contributed by atoms with van der Waals surface area (Å²) in [6.45, 7) is 5.28. The molecule has 0 aromatic heterocycles. The normalized spacial score (nSPS) is 13.8. The molecular formula is C11H21N3O4. The molecule has 7 heteroatoms. The first-order chi connectivity index (χ1) is 8.29. The van der Waals surface area contributed by atoms with E-state index in [4.69, 9.17) is 10.8 Å². The van der Waals surface area contributed by atoms with Crippen molar-refractivity contribution in [3.8, 4) is 0 Å². The van der Waals surface area contributed by atoms with Gasteiger partial charge in [-0.25, -0.2) is 9.59 Å². The molecule has 0 saturated heterocycles. The number of nitrogens with one attached hydrogen (secondary N) is 2. The van der Waals surface area contributed by atoms with Crippen LogP contribution in [0.25, 0.3) is 0 Å². The Labute approximate surface area is 106 Å². The standard InChI is InChI=1S/C11H21N3O4/c1-4-5-7(10(16)17)13-11(18)14-8(6(2)3)9(12)15/h6-8H,4-5H2,1-3H3,(H2,12,15)(H,16,17)(H2,13,14,18). The van der Waals surface area contributed by atoms with Crippen molar-refractivity contribution < 1.29 is 19.5 Å². The predicted octanol–water partition coefficient (Wildman–Crippen LogP) is 0.0488. The maximum absolute atomic E-state index is 11.6. The van der Waals surface area contributed by atoms with Gasteiger partial charge in [0.15, 0.2) is 0 Å². The highest BCUT2D eigenvalue weighted by molar-refractivity contribution is 5.88. The quantitative estimate of drug-likeness (QED) is 0.516. The number of amides is 3. The van der Waals surface area contributed by atoms with Gasteiger partial charge >= 0.3 is 12.0 Å². The number of nitrogens with two attached hydrogens (primary N) is 1. The third kappa shape index (κ3) is 5.51. The number of carbonyl (C=O) groups is 3. The lowest BCUT2D eigenvalue weighted by atomic mass is 10.0. The molecule has 0 aromatic carbocycles. The number of primary amides is 1. The van der Waals surface area contributed by atoms with Gasteiger partial charge in [-0.1, -0.05) is 27.2 Å². The van der Waals surface area contributed by atoms with Crippen LogP contribution in [-0.2, 0) is 9.59 Å². The van der Waals surface area contributed by atoms with E-state index in [1.54, 1.807) is 13.8 Å². The zero-order chi connectivity index (χ0) is 14.3. The van der Waals surface area contributed by atoms with Crippen LogP contribution in [-0.4, -0.2) is 35.1 Å². The van der Waals surface area contributed by atoms with Gasteiger partial charge in [-0.3, -0.25) is 4.79 Å². The van der Waals surface area contributed by atoms with E-state index in [0.717, 1.165) is 0 Å². The van der Waals surface area contributed by atoms with Crippen molar-refractivity contribution >= 4 is 17.9 Å². The number of carboxylic acids is 1. The monoisotopic (exact) mass is 259 g/mol. The van der Waals surface area contributed by atoms with E-state index in [1.165, 1.54) is 0 Å². The average molecular weight is 259 g/mol. The van der Waals surface area contributed by atoms with Gasteiger partial charge in [0.25, 0.3) is 0 Å². The highest BCUT2D eigenvalue weighted by Gasteiger charge is 2.24. The van der Waals surface area contributed by atoms with Crippen LogP contribution < -0.4 is 16.4 Å². The topological polar surface area (TPSA) is 122 Å². The number of urea groups is 1. The summed E-state index contributed by atoms with van der Waals surface area (Å²) in [4.78, 5) is 33.5. The summed E-state index contributed by atoms with van der Waals surface area (Å²) in [5.41, 5.74) is 5.14. The molecule has 0 aromatic rings. The minimum atomic E-state index is -1.10. The van der Waals surface area contributed by atoms with Gasteiger partial charge in [-0.2, -0.15) is 0 Å². The van der Waals surface area contributed by atoms with E-state index in [2.05, 4.69) is 10.6 Å². The molecule has 0 saturated carbocycles. The number of hydrogen-bond donors (Lipinski definition) is 4. The van der Waals surface area contributed by atoms with Crippen molar-refractivity contribution in [1.82, 2.24) is 10.6 Å². The van der Waals surface area contributed by atoms with Gasteiger partial charge < -0.3 is 21.5 Å². The fraction of sp³-hybridized carbons (Fsp3) is 0.727. The molecule has 2 unspecified atom stereocenters. The fourth-order valence-corrected chi connectivity index (χ4v) is 1.45. The second-order valence-corrected chi connectivity index (χ2v) is 4.42. The van der Waals surface area contributed by atoms with Crippen LogP contribution >= 0.6 is 0 Å². The maximum Gasteiger partial charge on any atom is 0.326 e. The van der Waals surface area contributed by atoms with Gasteiger partial charge in [0.05, 0.1) is 0 Å². The molecule has 0 aliphatic heterocycles. The number of rotatable bonds is 7. The molecule has 104 valence electrons. The first-order valence-electron chi connectivity index (χ1n) is 5.88. The van der Waals surface area contributed by atoms with Crippen LogP contribution in [0.5, 0.6) is 0 Å². The van der Waals surface area contributed by atoms with Crippen LogP contribution in [0.15, 0.2) is 0 Å². The van der Waals surface area contributed by atoms with Gasteiger partial charge in [0.1, 0.15) is 12.1 Å². The maximum atomic E-state index is 11.6. The van der Waals surface area contributed by atoms with Crippen molar-refractivity contribution in [3.63, 3.8) is 0 Å². The van der Waals surface area contributed by atoms with Crippen LogP contribution in [0.4, 0.5) is 4.79 Å². The van der Waals surface area contributed by atoms with Crippen molar-refractivity contribution in [2.24, 2.45) is 11.7 Å². The molecule has 0 aliphatic rings. The number of carbonyl (C=O) groups excluding carboxylic acids is 2. The summed E-state index contributed by atoms with van der Waals surface area (Å²) >= 11 is 0. The second-order valence-electron chi connectivity index (χ2n) is 4.42. The van der Waals surface area contributed by atoms with Crippen LogP contribution in [0, 0.1) is 5.92 Å². The highest BCUT2D eigenvalue weighted by Crippen LogP contribution is 2.01. The van der Waals surface area contributed by atoms with Crippen molar-refractivity contribution in [2.75, 3.05) is 0 Å². The summed E-state index contributed by atoms with van der Waals surface area (Å²) in [6.07, 6.45) is 0.951. The molecule has 0 rings (SSSR count). The van der Waals surface area contributed by atoms with Crippen molar-refractivity contribution in [3.05, 3.63) is 0 Å². The van der Waals surface area contributed by atoms with E-state index in [0.29, 0.717) is 12.8 Å². The Morgan fingerprint density at radius 2 is 1.78 bits per heavy atom. The van der Waals surface area contributed by atoms with Crippen molar-refractivity contribution in [2.45, 2.75) is 45.7 Å².